The number of benzene rings is 6. The first-order valence-electron chi connectivity index (χ1n) is 22.5. The lowest BCUT2D eigenvalue weighted by Gasteiger charge is -2.24. The predicted octanol–water partition coefficient (Wildman–Crippen LogP) is 13.7. The summed E-state index contributed by atoms with van der Waals surface area (Å²) in [4.78, 5) is 0. The Hall–Kier alpha value is -6.64. The van der Waals surface area contributed by atoms with Crippen LogP contribution in [0, 0.1) is 0 Å². The highest BCUT2D eigenvalue weighted by atomic mass is 16.5. The van der Waals surface area contributed by atoms with Crippen molar-refractivity contribution < 1.29 is 9.15 Å². The number of fused-ring (bicyclic) bond motifs is 12. The zero-order chi connectivity index (χ0) is 41.5. The molecule has 4 unspecified atom stereocenters. The minimum Gasteiger partial charge on any atom is -0.484 e. The standard InChI is InChI=1S/C60H48O2/c1-59(2)51-29-37(35-13-7-5-8-14-35)21-25-43(51)45-27-23-39(31-53(45)59)41-17-11-19-47-49-33-50-48-20-12-18-42(58(48)62-56(50)34-55(49)61-57(41)47)40-24-28-46-44-26-22-38(36-15-9-6-10-16-36)30-52(44)60(3,4)54(46)32-40/h5-13,15,17-36,49,55H,14,16H2,1-4H3. The van der Waals surface area contributed by atoms with Gasteiger partial charge < -0.3 is 9.15 Å². The zero-order valence-electron chi connectivity index (χ0n) is 35.7. The molecule has 0 fully saturated rings. The Balaban J connectivity index is 0.836. The molecule has 2 heterocycles. The second-order valence-corrected chi connectivity index (χ2v) is 19.4. The van der Waals surface area contributed by atoms with Crippen LogP contribution in [0.5, 0.6) is 5.75 Å². The first-order valence-corrected chi connectivity index (χ1v) is 22.5. The van der Waals surface area contributed by atoms with Crippen molar-refractivity contribution in [2.45, 2.75) is 75.2 Å². The average Bonchev–Trinajstić information content (AvgIpc) is 4.00. The molecule has 0 amide bonds. The summed E-state index contributed by atoms with van der Waals surface area (Å²) in [6.45, 7) is 9.53. The minimum absolute atomic E-state index is 0.100. The molecule has 7 aromatic rings. The molecule has 6 aromatic carbocycles. The molecule has 13 rings (SSSR count). The Morgan fingerprint density at radius 3 is 1.66 bits per heavy atom. The Bertz CT molecular complexity index is 3360. The smallest absolute Gasteiger partial charge is 0.143 e. The highest BCUT2D eigenvalue weighted by Crippen LogP contribution is 2.54. The van der Waals surface area contributed by atoms with Gasteiger partial charge in [0, 0.05) is 62.0 Å². The van der Waals surface area contributed by atoms with E-state index < -0.39 is 0 Å². The van der Waals surface area contributed by atoms with Crippen LogP contribution < -0.4 is 15.4 Å². The van der Waals surface area contributed by atoms with Crippen molar-refractivity contribution in [3.63, 3.8) is 0 Å². The second kappa shape index (κ2) is 12.9. The third-order valence-electron chi connectivity index (χ3n) is 15.3. The zero-order valence-corrected chi connectivity index (χ0v) is 35.7. The summed E-state index contributed by atoms with van der Waals surface area (Å²) < 4.78 is 13.8. The molecule has 62 heavy (non-hydrogen) atoms. The molecular formula is C60H48O2. The van der Waals surface area contributed by atoms with Gasteiger partial charge in [-0.15, -0.1) is 0 Å². The van der Waals surface area contributed by atoms with E-state index in [1.165, 1.54) is 72.3 Å². The van der Waals surface area contributed by atoms with Gasteiger partial charge >= 0.3 is 0 Å². The summed E-state index contributed by atoms with van der Waals surface area (Å²) in [5.74, 6) is 1.96. The number of ether oxygens (including phenoxy) is 1. The summed E-state index contributed by atoms with van der Waals surface area (Å²) in [6, 6.07) is 41.7. The minimum atomic E-state index is -0.135. The molecule has 1 aromatic heterocycles. The predicted molar refractivity (Wildman–Crippen MR) is 255 cm³/mol. The third-order valence-corrected chi connectivity index (χ3v) is 15.3. The van der Waals surface area contributed by atoms with Crippen LogP contribution in [0.3, 0.4) is 0 Å². The van der Waals surface area contributed by atoms with Crippen molar-refractivity contribution in [2.75, 3.05) is 0 Å². The van der Waals surface area contributed by atoms with Crippen molar-refractivity contribution in [1.82, 2.24) is 0 Å². The number of para-hydroxylation sites is 2. The number of furan rings is 1. The molecule has 2 nitrogen and oxygen atoms in total. The summed E-state index contributed by atoms with van der Waals surface area (Å²) in [7, 11) is 0. The van der Waals surface area contributed by atoms with Gasteiger partial charge in [0.05, 0.1) is 0 Å². The van der Waals surface area contributed by atoms with Gasteiger partial charge in [-0.3, -0.25) is 0 Å². The van der Waals surface area contributed by atoms with Crippen molar-refractivity contribution >= 4 is 23.1 Å². The number of rotatable bonds is 4. The van der Waals surface area contributed by atoms with Gasteiger partial charge in [0.1, 0.15) is 22.9 Å². The van der Waals surface area contributed by atoms with Crippen LogP contribution in [0.15, 0.2) is 162 Å². The van der Waals surface area contributed by atoms with E-state index in [0.29, 0.717) is 11.8 Å². The Morgan fingerprint density at radius 2 is 1.06 bits per heavy atom. The van der Waals surface area contributed by atoms with Gasteiger partial charge in [0.25, 0.3) is 0 Å². The fourth-order valence-electron chi connectivity index (χ4n) is 11.9. The molecule has 5 aliphatic carbocycles. The third kappa shape index (κ3) is 5.10. The highest BCUT2D eigenvalue weighted by Gasteiger charge is 2.40. The Kier molecular flexibility index (Phi) is 7.53. The fourth-order valence-corrected chi connectivity index (χ4v) is 11.9. The Labute approximate surface area is 363 Å². The molecule has 6 aliphatic rings. The van der Waals surface area contributed by atoms with Gasteiger partial charge in [0.15, 0.2) is 0 Å². The first-order chi connectivity index (χ1) is 30.2. The fraction of sp³-hybridized carbons (Fsp3) is 0.200. The lowest BCUT2D eigenvalue weighted by Crippen LogP contribution is -2.32. The summed E-state index contributed by atoms with van der Waals surface area (Å²) >= 11 is 0. The van der Waals surface area contributed by atoms with Crippen LogP contribution in [-0.2, 0) is 10.8 Å². The first kappa shape index (κ1) is 36.1. The monoisotopic (exact) mass is 800 g/mol. The van der Waals surface area contributed by atoms with Gasteiger partial charge in [-0.1, -0.05) is 179 Å². The maximum atomic E-state index is 6.97. The summed E-state index contributed by atoms with van der Waals surface area (Å²) in [5.41, 5.74) is 21.3. The topological polar surface area (TPSA) is 22.4 Å². The molecule has 0 saturated heterocycles. The van der Waals surface area contributed by atoms with Gasteiger partial charge in [-0.25, -0.2) is 0 Å². The lowest BCUT2D eigenvalue weighted by atomic mass is 9.80. The van der Waals surface area contributed by atoms with Crippen LogP contribution in [0.25, 0.3) is 67.6 Å². The van der Waals surface area contributed by atoms with Crippen molar-refractivity contribution in [2.24, 2.45) is 0 Å². The molecule has 0 saturated carbocycles. The van der Waals surface area contributed by atoms with Crippen LogP contribution in [0.1, 0.15) is 97.2 Å². The normalized spacial score (nSPS) is 22.1. The van der Waals surface area contributed by atoms with E-state index in [1.807, 2.05) is 0 Å². The average molecular weight is 801 g/mol. The van der Waals surface area contributed by atoms with E-state index in [2.05, 4.69) is 198 Å². The van der Waals surface area contributed by atoms with Gasteiger partial charge in [0.2, 0.25) is 0 Å². The maximum Gasteiger partial charge on any atom is 0.143 e. The van der Waals surface area contributed by atoms with E-state index in [4.69, 9.17) is 9.15 Å². The van der Waals surface area contributed by atoms with Gasteiger partial charge in [-0.05, 0) is 91.7 Å². The van der Waals surface area contributed by atoms with E-state index in [-0.39, 0.29) is 22.9 Å². The maximum absolute atomic E-state index is 6.97. The molecule has 0 N–H and O–H groups in total. The quantitative estimate of drug-likeness (QED) is 0.177. The number of allylic oxidation sites excluding steroid dienone is 8. The van der Waals surface area contributed by atoms with E-state index in [9.17, 15) is 0 Å². The summed E-state index contributed by atoms with van der Waals surface area (Å²) in [6.07, 6.45) is 24.5. The second-order valence-electron chi connectivity index (χ2n) is 19.4. The molecule has 1 aliphatic heterocycles. The van der Waals surface area contributed by atoms with Crippen LogP contribution in [0.4, 0.5) is 0 Å². The summed E-state index contributed by atoms with van der Waals surface area (Å²) in [5, 5.41) is 2.31. The van der Waals surface area contributed by atoms with E-state index in [1.54, 1.807) is 0 Å². The van der Waals surface area contributed by atoms with Crippen LogP contribution in [-0.4, -0.2) is 6.10 Å². The molecule has 4 atom stereocenters. The molecular weight excluding hydrogens is 753 g/mol. The lowest BCUT2D eigenvalue weighted by molar-refractivity contribution is 0.286. The molecule has 0 spiro atoms. The Morgan fingerprint density at radius 1 is 0.516 bits per heavy atom. The molecule has 2 heteroatoms. The molecule has 0 bridgehead atoms. The van der Waals surface area contributed by atoms with Crippen LogP contribution in [0.2, 0.25) is 0 Å². The highest BCUT2D eigenvalue weighted by molar-refractivity contribution is 5.95. The molecule has 300 valence electrons. The van der Waals surface area contributed by atoms with Crippen LogP contribution >= 0.6 is 0 Å². The largest absolute Gasteiger partial charge is 0.484 e. The van der Waals surface area contributed by atoms with Crippen molar-refractivity contribution in [3.05, 3.63) is 207 Å². The van der Waals surface area contributed by atoms with Crippen molar-refractivity contribution in [3.8, 4) is 50.3 Å². The van der Waals surface area contributed by atoms with E-state index >= 15 is 0 Å². The molecule has 0 radical (unpaired) electrons. The SMILES string of the molecule is CC1(C)c2cc(-c3cccc4c3OC3C=c5oc6c(-c7ccc8c(c7)C(C)(C)c7cc(C9C=CC=CC9)ccc7-8)cccc6c5=CC43)ccc2-c2ccc(C3C=CC=CC3)cc21. The number of hydrogen-bond donors (Lipinski definition) is 0. The van der Waals surface area contributed by atoms with E-state index in [0.717, 1.165) is 51.3 Å². The number of hydrogen-bond acceptors (Lipinski definition) is 2. The van der Waals surface area contributed by atoms with Crippen molar-refractivity contribution in [1.29, 1.82) is 0 Å². The van der Waals surface area contributed by atoms with Gasteiger partial charge in [-0.2, -0.15) is 0 Å².